The van der Waals surface area contributed by atoms with Crippen molar-refractivity contribution in [2.45, 2.75) is 24.7 Å². The van der Waals surface area contributed by atoms with E-state index in [0.29, 0.717) is 0 Å². The van der Waals surface area contributed by atoms with E-state index < -0.39 is 59.9 Å². The second-order valence-electron chi connectivity index (χ2n) is 5.61. The number of carbonyl (C=O) groups is 2. The monoisotopic (exact) mass is 652 g/mol. The Balaban J connectivity index is 0. The van der Waals surface area contributed by atoms with Crippen molar-refractivity contribution in [1.29, 1.82) is 0 Å². The Bertz CT molecular complexity index is 972. The minimum atomic E-state index is -5.46. The van der Waals surface area contributed by atoms with Gasteiger partial charge in [-0.1, -0.05) is 28.0 Å². The summed E-state index contributed by atoms with van der Waals surface area (Å²) in [6.45, 7) is 0. The van der Waals surface area contributed by atoms with Crippen molar-refractivity contribution in [1.82, 2.24) is 4.98 Å². The van der Waals surface area contributed by atoms with Crippen LogP contribution in [-0.4, -0.2) is 47.1 Å². The molecule has 0 fully saturated rings. The molecular weight excluding hydrogens is 646 g/mol. The summed E-state index contributed by atoms with van der Waals surface area (Å²) in [5.41, 5.74) is 0.838. The summed E-state index contributed by atoms with van der Waals surface area (Å²) in [6, 6.07) is 5.70. The average Bonchev–Trinajstić information content (AvgIpc) is 3.27. The first-order valence-electron chi connectivity index (χ1n) is 8.24. The van der Waals surface area contributed by atoms with Crippen LogP contribution in [0.2, 0.25) is 0 Å². The largest absolute Gasteiger partial charge is 3.00 e. The van der Waals surface area contributed by atoms with Crippen molar-refractivity contribution in [2.24, 2.45) is 4.40 Å². The molecule has 0 atom stereocenters. The summed E-state index contributed by atoms with van der Waals surface area (Å²) in [5.74, 6) is -10.6. The Kier molecular flexibility index (Phi) is 15.0. The fourth-order valence-corrected chi connectivity index (χ4v) is 2.43. The molecule has 0 bridgehead atoms. The molecule has 0 aromatic carbocycles. The summed E-state index contributed by atoms with van der Waals surface area (Å²) >= 11 is 0. The van der Waals surface area contributed by atoms with E-state index in [-0.39, 0.29) is 17.1 Å². The zero-order chi connectivity index (χ0) is 29.2. The zero-order valence-electron chi connectivity index (χ0n) is 17.1. The zero-order valence-corrected chi connectivity index (χ0v) is 19.9. The van der Waals surface area contributed by atoms with Crippen LogP contribution in [0.5, 0.6) is 0 Å². The van der Waals surface area contributed by atoms with E-state index in [2.05, 4.69) is 14.1 Å². The standard InChI is InChI=1S/C6H4N3S2.2C5H2F6O2.Fe/c1-2-4-7-5(3-1)6-8-10-11-9-6;2*6-4(7,8)2(12)1-3(13)5(9,10)11;/h1-4H;2*1,12H;/q-1;;;+3/p-2/b;2*2-1-;. The van der Waals surface area contributed by atoms with Crippen molar-refractivity contribution >= 4 is 39.4 Å². The number of rotatable bonds is 3. The first-order valence-corrected chi connectivity index (χ1v) is 10.3. The van der Waals surface area contributed by atoms with E-state index in [1.165, 1.54) is 22.0 Å². The molecule has 1 aromatic rings. The van der Waals surface area contributed by atoms with Crippen LogP contribution in [0.1, 0.15) is 5.69 Å². The third kappa shape index (κ3) is 15.0. The number of carbonyl (C=O) groups excluding carboxylic acids is 2. The van der Waals surface area contributed by atoms with Crippen LogP contribution in [0.25, 0.3) is 4.72 Å². The molecule has 0 saturated carbocycles. The molecule has 22 heteroatoms. The second-order valence-corrected chi connectivity index (χ2v) is 7.16. The van der Waals surface area contributed by atoms with Gasteiger partial charge in [-0.15, -0.1) is 0 Å². The number of hydrogen-bond donors (Lipinski definition) is 0. The maximum atomic E-state index is 11.3. The Morgan fingerprint density at radius 2 is 1.18 bits per heavy atom. The van der Waals surface area contributed by atoms with E-state index in [9.17, 15) is 72.5 Å². The minimum absolute atomic E-state index is 0. The van der Waals surface area contributed by atoms with E-state index in [4.69, 9.17) is 0 Å². The van der Waals surface area contributed by atoms with Crippen molar-refractivity contribution in [3.05, 3.63) is 58.5 Å². The van der Waals surface area contributed by atoms with Crippen LogP contribution in [0.3, 0.4) is 0 Å². The number of pyridine rings is 1. The van der Waals surface area contributed by atoms with E-state index in [1.54, 1.807) is 6.20 Å². The minimum Gasteiger partial charge on any atom is -0.869 e. The quantitative estimate of drug-likeness (QED) is 0.120. The van der Waals surface area contributed by atoms with Gasteiger partial charge in [0.1, 0.15) is 0 Å². The molecule has 213 valence electrons. The molecule has 1 aliphatic heterocycles. The van der Waals surface area contributed by atoms with E-state index >= 15 is 0 Å². The summed E-state index contributed by atoms with van der Waals surface area (Å²) in [6.07, 6.45) is -22.1. The van der Waals surface area contributed by atoms with Crippen LogP contribution in [0.4, 0.5) is 52.7 Å². The summed E-state index contributed by atoms with van der Waals surface area (Å²) in [4.78, 5) is 23.8. The molecule has 1 aliphatic rings. The number of nitrogens with zero attached hydrogens (tertiary/aromatic N) is 3. The molecule has 2 heterocycles. The predicted octanol–water partition coefficient (Wildman–Crippen LogP) is 4.27. The third-order valence-electron chi connectivity index (χ3n) is 2.82. The van der Waals surface area contributed by atoms with Gasteiger partial charge in [-0.3, -0.25) is 14.6 Å². The van der Waals surface area contributed by atoms with Crippen LogP contribution in [0, 0.1) is 0 Å². The van der Waals surface area contributed by atoms with Crippen molar-refractivity contribution in [3.8, 4) is 0 Å². The molecule has 2 rings (SSSR count). The first kappa shape index (κ1) is 37.6. The normalized spacial score (nSPS) is 14.5. The number of alkyl halides is 12. The van der Waals surface area contributed by atoms with Gasteiger partial charge >= 0.3 is 41.8 Å². The van der Waals surface area contributed by atoms with Crippen molar-refractivity contribution < 1.29 is 89.6 Å². The molecule has 38 heavy (non-hydrogen) atoms. The maximum absolute atomic E-state index is 11.3. The number of ketones is 2. The van der Waals surface area contributed by atoms with Gasteiger partial charge in [0.15, 0.2) is 0 Å². The molecular formula is C16H6F12FeN3O4S2. The molecule has 0 aliphatic carbocycles. The smallest absolute Gasteiger partial charge is 0.869 e. The third-order valence-corrected chi connectivity index (χ3v) is 4.03. The fourth-order valence-electron chi connectivity index (χ4n) is 1.27. The van der Waals surface area contributed by atoms with Gasteiger partial charge in [0.2, 0.25) is 0 Å². The first-order chi connectivity index (χ1) is 16.6. The topological polar surface area (TPSA) is 120 Å². The van der Waals surface area contributed by atoms with E-state index in [1.807, 2.05) is 18.2 Å². The van der Waals surface area contributed by atoms with Gasteiger partial charge in [0, 0.05) is 6.20 Å². The maximum Gasteiger partial charge on any atom is 3.00 e. The van der Waals surface area contributed by atoms with Crippen molar-refractivity contribution in [2.75, 3.05) is 0 Å². The van der Waals surface area contributed by atoms with Crippen LogP contribution >= 0.6 is 22.0 Å². The van der Waals surface area contributed by atoms with Crippen LogP contribution in [-0.2, 0) is 26.7 Å². The van der Waals surface area contributed by atoms with Crippen LogP contribution in [0.15, 0.2) is 52.5 Å². The number of halogens is 12. The number of amidine groups is 1. The van der Waals surface area contributed by atoms with Crippen molar-refractivity contribution in [3.63, 3.8) is 0 Å². The Labute approximate surface area is 221 Å². The molecule has 0 unspecified atom stereocenters. The Morgan fingerprint density at radius 3 is 1.45 bits per heavy atom. The van der Waals surface area contributed by atoms with Gasteiger partial charge in [-0.05, 0) is 41.6 Å². The summed E-state index contributed by atoms with van der Waals surface area (Å²) < 4.78 is 144. The van der Waals surface area contributed by atoms with E-state index in [0.717, 1.165) is 11.5 Å². The second kappa shape index (κ2) is 15.1. The molecule has 0 amide bonds. The predicted molar refractivity (Wildman–Crippen MR) is 99.7 cm³/mol. The molecule has 0 saturated heterocycles. The molecule has 7 nitrogen and oxygen atoms in total. The Morgan fingerprint density at radius 1 is 0.763 bits per heavy atom. The summed E-state index contributed by atoms with van der Waals surface area (Å²) in [7, 11) is 2.75. The molecule has 0 spiro atoms. The fraction of sp³-hybridized carbons (Fsp3) is 0.250. The number of aromatic nitrogens is 1. The van der Waals surface area contributed by atoms with Crippen LogP contribution < -0.4 is 10.2 Å². The molecule has 1 radical (unpaired) electrons. The Hall–Kier alpha value is -2.58. The average molecular weight is 652 g/mol. The SMILES string of the molecule is O=C(/C=C(\[O-])C(F)(F)F)C(F)(F)F.O=C(/C=C(\[O-])C(F)(F)F)C(F)(F)F.[Fe+3].c1ccc(C2=NSS[N-]2)nc1. The number of allylic oxidation sites excluding steroid dienone is 4. The van der Waals surface area contributed by atoms with Gasteiger partial charge in [-0.2, -0.15) is 52.7 Å². The molecule has 0 N–H and O–H groups in total. The number of hydrogen-bond acceptors (Lipinski definition) is 8. The van der Waals surface area contributed by atoms with Gasteiger partial charge < -0.3 is 19.3 Å². The molecule has 1 aromatic heterocycles. The van der Waals surface area contributed by atoms with Gasteiger partial charge in [-0.25, -0.2) is 0 Å². The summed E-state index contributed by atoms with van der Waals surface area (Å²) in [5, 5.41) is 19.6. The van der Waals surface area contributed by atoms with Gasteiger partial charge in [0.05, 0.1) is 5.69 Å². The van der Waals surface area contributed by atoms with Gasteiger partial charge in [0.25, 0.3) is 11.6 Å².